The van der Waals surface area contributed by atoms with Crippen LogP contribution >= 0.6 is 0 Å². The second kappa shape index (κ2) is 10.0. The molecule has 0 aromatic heterocycles. The number of amides is 2. The van der Waals surface area contributed by atoms with Gasteiger partial charge in [-0.1, -0.05) is 12.1 Å². The first kappa shape index (κ1) is 22.8. The van der Waals surface area contributed by atoms with Gasteiger partial charge < -0.3 is 26.6 Å². The first-order chi connectivity index (χ1) is 15.4. The molecule has 174 valence electrons. The molecule has 0 radical (unpaired) electrons. The van der Waals surface area contributed by atoms with Crippen molar-refractivity contribution in [2.45, 2.75) is 25.6 Å². The van der Waals surface area contributed by atoms with Gasteiger partial charge in [0.15, 0.2) is 9.84 Å². The van der Waals surface area contributed by atoms with Crippen molar-refractivity contribution in [1.29, 1.82) is 0 Å². The molecule has 1 aromatic rings. The SMILES string of the molecule is NCCCNCc1ccc(N2C=C3C=C(CCN4CCS(=O)(=O)CC4)NC3NC2=O)cc1. The molecule has 2 amide bonds. The summed E-state index contributed by atoms with van der Waals surface area (Å²) in [5, 5.41) is 9.72. The van der Waals surface area contributed by atoms with E-state index in [2.05, 4.69) is 26.9 Å². The van der Waals surface area contributed by atoms with E-state index in [0.29, 0.717) is 19.6 Å². The minimum Gasteiger partial charge on any atom is -0.365 e. The van der Waals surface area contributed by atoms with Gasteiger partial charge in [0.1, 0.15) is 6.17 Å². The third kappa shape index (κ3) is 5.69. The average Bonchev–Trinajstić information content (AvgIpc) is 3.17. The molecule has 1 saturated heterocycles. The van der Waals surface area contributed by atoms with Crippen molar-refractivity contribution in [2.75, 3.05) is 49.1 Å². The lowest BCUT2D eigenvalue weighted by Crippen LogP contribution is -2.51. The molecule has 9 nitrogen and oxygen atoms in total. The van der Waals surface area contributed by atoms with Gasteiger partial charge in [0.25, 0.3) is 0 Å². The van der Waals surface area contributed by atoms with E-state index >= 15 is 0 Å². The molecule has 3 aliphatic rings. The van der Waals surface area contributed by atoms with Crippen LogP contribution in [0.25, 0.3) is 0 Å². The Hall–Kier alpha value is -2.40. The molecule has 0 bridgehead atoms. The Balaban J connectivity index is 1.34. The van der Waals surface area contributed by atoms with Gasteiger partial charge in [0.05, 0.1) is 17.2 Å². The highest BCUT2D eigenvalue weighted by Gasteiger charge is 2.31. The van der Waals surface area contributed by atoms with Gasteiger partial charge in [0.2, 0.25) is 0 Å². The number of benzene rings is 1. The molecule has 0 saturated carbocycles. The summed E-state index contributed by atoms with van der Waals surface area (Å²) in [6.45, 7) is 4.31. The van der Waals surface area contributed by atoms with Gasteiger partial charge in [-0.2, -0.15) is 0 Å². The molecular weight excluding hydrogens is 428 g/mol. The summed E-state index contributed by atoms with van der Waals surface area (Å²) in [5.41, 5.74) is 9.54. The molecule has 1 aromatic carbocycles. The number of rotatable bonds is 9. The number of carbonyl (C=O) groups is 1. The van der Waals surface area contributed by atoms with Crippen molar-refractivity contribution in [3.63, 3.8) is 0 Å². The van der Waals surface area contributed by atoms with E-state index < -0.39 is 9.84 Å². The van der Waals surface area contributed by atoms with Gasteiger partial charge in [-0.3, -0.25) is 4.90 Å². The van der Waals surface area contributed by atoms with Crippen LogP contribution in [0.1, 0.15) is 18.4 Å². The van der Waals surface area contributed by atoms with Gasteiger partial charge in [-0.05, 0) is 49.7 Å². The standard InChI is InChI=1S/C22H32N6O3S/c23-7-1-8-24-15-17-2-4-20(5-3-17)28-16-18-14-19(25-21(18)26-22(28)29)6-9-27-10-12-32(30,31)13-11-27/h2-5,14,16,21,24-25H,1,6-13,15,23H2,(H,26,29). The van der Waals surface area contributed by atoms with Crippen molar-refractivity contribution < 1.29 is 13.2 Å². The van der Waals surface area contributed by atoms with Gasteiger partial charge in [-0.25, -0.2) is 13.2 Å². The molecule has 1 atom stereocenters. The van der Waals surface area contributed by atoms with Crippen LogP contribution < -0.4 is 26.6 Å². The summed E-state index contributed by atoms with van der Waals surface area (Å²) < 4.78 is 23.2. The third-order valence-electron chi connectivity index (χ3n) is 6.00. The van der Waals surface area contributed by atoms with Crippen LogP contribution in [0, 0.1) is 0 Å². The maximum Gasteiger partial charge on any atom is 0.327 e. The lowest BCUT2D eigenvalue weighted by molar-refractivity contribution is 0.243. The van der Waals surface area contributed by atoms with E-state index in [9.17, 15) is 13.2 Å². The van der Waals surface area contributed by atoms with Crippen molar-refractivity contribution in [2.24, 2.45) is 5.73 Å². The fourth-order valence-corrected chi connectivity index (χ4v) is 5.33. The van der Waals surface area contributed by atoms with Gasteiger partial charge in [0, 0.05) is 43.6 Å². The molecule has 1 unspecified atom stereocenters. The maximum absolute atomic E-state index is 12.7. The molecule has 3 heterocycles. The normalized spacial score (nSPS) is 22.6. The minimum atomic E-state index is -2.86. The van der Waals surface area contributed by atoms with E-state index in [1.807, 2.05) is 30.5 Å². The van der Waals surface area contributed by atoms with Crippen LogP contribution in [0.5, 0.6) is 0 Å². The summed E-state index contributed by atoms with van der Waals surface area (Å²) in [6.07, 6.45) is 5.47. The Kier molecular flexibility index (Phi) is 7.14. The molecule has 0 aliphatic carbocycles. The first-order valence-electron chi connectivity index (χ1n) is 11.1. The Bertz CT molecular complexity index is 975. The van der Waals surface area contributed by atoms with Crippen molar-refractivity contribution in [3.8, 4) is 0 Å². The smallest absolute Gasteiger partial charge is 0.327 e. The lowest BCUT2D eigenvalue weighted by atomic mass is 10.1. The van der Waals surface area contributed by atoms with E-state index in [1.165, 1.54) is 0 Å². The number of anilines is 1. The van der Waals surface area contributed by atoms with Crippen LogP contribution in [0.4, 0.5) is 10.5 Å². The largest absolute Gasteiger partial charge is 0.365 e. The number of nitrogens with two attached hydrogens (primary N) is 1. The fourth-order valence-electron chi connectivity index (χ4n) is 4.05. The zero-order valence-electron chi connectivity index (χ0n) is 18.2. The molecule has 10 heteroatoms. The Morgan fingerprint density at radius 1 is 1.12 bits per heavy atom. The van der Waals surface area contributed by atoms with Crippen LogP contribution in [0.15, 0.2) is 47.8 Å². The summed E-state index contributed by atoms with van der Waals surface area (Å²) in [7, 11) is -2.86. The Morgan fingerprint density at radius 2 is 1.88 bits per heavy atom. The number of hydrogen-bond donors (Lipinski definition) is 4. The summed E-state index contributed by atoms with van der Waals surface area (Å²) in [4.78, 5) is 16.5. The minimum absolute atomic E-state index is 0.170. The van der Waals surface area contributed by atoms with Gasteiger partial charge >= 0.3 is 6.03 Å². The van der Waals surface area contributed by atoms with Crippen LogP contribution in [-0.4, -0.2) is 69.7 Å². The summed E-state index contributed by atoms with van der Waals surface area (Å²) in [6, 6.07) is 7.78. The van der Waals surface area contributed by atoms with Crippen LogP contribution in [0.2, 0.25) is 0 Å². The quantitative estimate of drug-likeness (QED) is 0.396. The zero-order chi connectivity index (χ0) is 22.6. The highest BCUT2D eigenvalue weighted by atomic mass is 32.2. The number of carbonyl (C=O) groups excluding carboxylic acids is 1. The van der Waals surface area contributed by atoms with Crippen LogP contribution in [-0.2, 0) is 16.4 Å². The Labute approximate surface area is 189 Å². The molecule has 3 aliphatic heterocycles. The third-order valence-corrected chi connectivity index (χ3v) is 7.61. The van der Waals surface area contributed by atoms with E-state index in [4.69, 9.17) is 5.73 Å². The molecule has 1 fully saturated rings. The fraction of sp³-hybridized carbons (Fsp3) is 0.500. The van der Waals surface area contributed by atoms with Crippen molar-refractivity contribution in [1.82, 2.24) is 20.9 Å². The second-order valence-corrected chi connectivity index (χ2v) is 10.7. The highest BCUT2D eigenvalue weighted by molar-refractivity contribution is 7.91. The highest BCUT2D eigenvalue weighted by Crippen LogP contribution is 2.25. The van der Waals surface area contributed by atoms with Crippen molar-refractivity contribution >= 4 is 21.6 Å². The van der Waals surface area contributed by atoms with Crippen LogP contribution in [0.3, 0.4) is 0 Å². The van der Waals surface area contributed by atoms with E-state index in [1.54, 1.807) is 4.90 Å². The topological polar surface area (TPSA) is 120 Å². The molecule has 5 N–H and O–H groups in total. The maximum atomic E-state index is 12.7. The first-order valence-corrected chi connectivity index (χ1v) is 13.0. The number of fused-ring (bicyclic) bond motifs is 1. The molecule has 32 heavy (non-hydrogen) atoms. The molecule has 4 rings (SSSR count). The number of urea groups is 1. The second-order valence-electron chi connectivity index (χ2n) is 8.42. The monoisotopic (exact) mass is 460 g/mol. The zero-order valence-corrected chi connectivity index (χ0v) is 19.0. The number of nitrogens with zero attached hydrogens (tertiary/aromatic N) is 2. The number of nitrogens with one attached hydrogen (secondary N) is 3. The van der Waals surface area contributed by atoms with E-state index in [-0.39, 0.29) is 23.7 Å². The summed E-state index contributed by atoms with van der Waals surface area (Å²) >= 11 is 0. The lowest BCUT2D eigenvalue weighted by Gasteiger charge is -2.29. The predicted octanol–water partition coefficient (Wildman–Crippen LogP) is 0.472. The summed E-state index contributed by atoms with van der Waals surface area (Å²) in [5.74, 6) is 0.474. The van der Waals surface area contributed by atoms with Crippen molar-refractivity contribution in [3.05, 3.63) is 53.4 Å². The molecule has 0 spiro atoms. The number of sulfone groups is 1. The Morgan fingerprint density at radius 3 is 2.59 bits per heavy atom. The van der Waals surface area contributed by atoms with E-state index in [0.717, 1.165) is 55.0 Å². The average molecular weight is 461 g/mol. The molecular formula is C22H32N6O3S. The number of hydrogen-bond acceptors (Lipinski definition) is 7. The predicted molar refractivity (Wildman–Crippen MR) is 126 cm³/mol. The van der Waals surface area contributed by atoms with Gasteiger partial charge in [-0.15, -0.1) is 0 Å².